The Morgan fingerprint density at radius 3 is 2.73 bits per heavy atom. The summed E-state index contributed by atoms with van der Waals surface area (Å²) >= 11 is 0. The maximum Gasteiger partial charge on any atom is 0.338 e. The number of ether oxygens (including phenoxy) is 5. The lowest BCUT2D eigenvalue weighted by molar-refractivity contribution is -0.144. The molecule has 0 aromatic heterocycles. The molecule has 3 fully saturated rings. The number of carbonyl (C=O) groups is 3. The van der Waals surface area contributed by atoms with Gasteiger partial charge in [-0.05, 0) is 12.5 Å². The third-order valence-electron chi connectivity index (χ3n) is 5.89. The molecule has 6 atom stereocenters. The Bertz CT molecular complexity index is 872. The SMILES string of the molecule is C=C(CO)C(=O)O[C@H]1CC(=C)[C@H]2O[C@H]2C[C@@]2(C)O[C@@H]2[C@H]2OC(=O)C(COC(C)=O)=C12. The maximum atomic E-state index is 12.6. The average molecular weight is 420 g/mol. The summed E-state index contributed by atoms with van der Waals surface area (Å²) in [5.41, 5.74) is 0.506. The zero-order valence-corrected chi connectivity index (χ0v) is 16.8. The number of carbonyl (C=O) groups excluding carboxylic acids is 3. The van der Waals surface area contributed by atoms with Crippen LogP contribution in [-0.4, -0.2) is 72.3 Å². The minimum absolute atomic E-state index is 0.0561. The first-order valence-corrected chi connectivity index (χ1v) is 9.72. The fourth-order valence-corrected chi connectivity index (χ4v) is 4.16. The van der Waals surface area contributed by atoms with Crippen LogP contribution in [0.5, 0.6) is 0 Å². The number of aliphatic hydroxyl groups is 1. The summed E-state index contributed by atoms with van der Waals surface area (Å²) in [6, 6.07) is 0. The molecule has 1 N–H and O–H groups in total. The molecule has 0 radical (unpaired) electrons. The Kier molecular flexibility index (Phi) is 5.08. The highest BCUT2D eigenvalue weighted by molar-refractivity contribution is 5.94. The largest absolute Gasteiger partial charge is 0.461 e. The van der Waals surface area contributed by atoms with E-state index < -0.39 is 48.4 Å². The predicted molar refractivity (Wildman–Crippen MR) is 100.0 cm³/mol. The third-order valence-corrected chi connectivity index (χ3v) is 5.89. The van der Waals surface area contributed by atoms with Gasteiger partial charge in [0.05, 0.1) is 29.5 Å². The second-order valence-electron chi connectivity index (χ2n) is 8.21. The molecule has 0 bridgehead atoms. The molecule has 9 nitrogen and oxygen atoms in total. The third kappa shape index (κ3) is 3.68. The van der Waals surface area contributed by atoms with Crippen LogP contribution in [0.15, 0.2) is 35.5 Å². The zero-order chi connectivity index (χ0) is 21.8. The highest BCUT2D eigenvalue weighted by Gasteiger charge is 2.65. The van der Waals surface area contributed by atoms with Crippen molar-refractivity contribution in [1.29, 1.82) is 0 Å². The molecular formula is C21H24O9. The van der Waals surface area contributed by atoms with E-state index in [0.717, 1.165) is 0 Å². The Morgan fingerprint density at radius 2 is 2.07 bits per heavy atom. The van der Waals surface area contributed by atoms with Crippen LogP contribution in [0, 0.1) is 0 Å². The van der Waals surface area contributed by atoms with Gasteiger partial charge in [-0.1, -0.05) is 13.2 Å². The Hall–Kier alpha value is -2.49. The fraction of sp³-hybridized carbons (Fsp3) is 0.571. The standard InChI is InChI=1S/C21H24O9/c1-9-5-13(28-19(24)10(2)7-22)15-12(8-26-11(3)23)20(25)29-17(15)18-21(4,30-18)6-14-16(9)27-14/h13-14,16-18,22H,1-2,5-8H2,3-4H3/t13-,14-,16+,17-,18+,21+/m0/s1. The molecule has 0 spiro atoms. The summed E-state index contributed by atoms with van der Waals surface area (Å²) in [4.78, 5) is 36.3. The molecule has 3 aliphatic heterocycles. The van der Waals surface area contributed by atoms with Gasteiger partial charge in [-0.15, -0.1) is 0 Å². The van der Waals surface area contributed by atoms with Crippen molar-refractivity contribution in [3.63, 3.8) is 0 Å². The lowest BCUT2D eigenvalue weighted by Gasteiger charge is -2.25. The smallest absolute Gasteiger partial charge is 0.338 e. The molecule has 0 amide bonds. The molecule has 1 saturated carbocycles. The Morgan fingerprint density at radius 1 is 1.33 bits per heavy atom. The number of esters is 3. The molecule has 0 unspecified atom stereocenters. The molecular weight excluding hydrogens is 396 g/mol. The summed E-state index contributed by atoms with van der Waals surface area (Å²) in [6.07, 6.45) is -1.62. The predicted octanol–water partition coefficient (Wildman–Crippen LogP) is 0.507. The van der Waals surface area contributed by atoms with Crippen LogP contribution in [0.1, 0.15) is 26.7 Å². The van der Waals surface area contributed by atoms with Gasteiger partial charge in [0.1, 0.15) is 24.9 Å². The lowest BCUT2D eigenvalue weighted by atomic mass is 9.85. The minimum Gasteiger partial charge on any atom is -0.461 e. The van der Waals surface area contributed by atoms with Crippen LogP contribution < -0.4 is 0 Å². The van der Waals surface area contributed by atoms with Crippen LogP contribution >= 0.6 is 0 Å². The summed E-state index contributed by atoms with van der Waals surface area (Å²) in [7, 11) is 0. The number of hydrogen-bond donors (Lipinski definition) is 1. The zero-order valence-electron chi connectivity index (χ0n) is 16.8. The van der Waals surface area contributed by atoms with Gasteiger partial charge >= 0.3 is 17.9 Å². The quantitative estimate of drug-likeness (QED) is 0.223. The van der Waals surface area contributed by atoms with Gasteiger partial charge in [0.2, 0.25) is 0 Å². The van der Waals surface area contributed by atoms with Gasteiger partial charge in [0, 0.05) is 25.3 Å². The molecule has 9 heteroatoms. The van der Waals surface area contributed by atoms with Gasteiger partial charge in [0.25, 0.3) is 0 Å². The second kappa shape index (κ2) is 7.33. The van der Waals surface area contributed by atoms with Crippen LogP contribution in [0.4, 0.5) is 0 Å². The molecule has 162 valence electrons. The van der Waals surface area contributed by atoms with Crippen molar-refractivity contribution in [1.82, 2.24) is 0 Å². The fourth-order valence-electron chi connectivity index (χ4n) is 4.16. The maximum absolute atomic E-state index is 12.6. The first-order chi connectivity index (χ1) is 14.1. The average Bonchev–Trinajstić information content (AvgIpc) is 3.55. The Labute approximate surface area is 173 Å². The van der Waals surface area contributed by atoms with E-state index >= 15 is 0 Å². The molecule has 4 aliphatic rings. The van der Waals surface area contributed by atoms with Crippen molar-refractivity contribution in [2.24, 2.45) is 0 Å². The van der Waals surface area contributed by atoms with E-state index in [1.54, 1.807) is 0 Å². The van der Waals surface area contributed by atoms with E-state index in [-0.39, 0.29) is 36.4 Å². The first kappa shape index (κ1) is 20.8. The van der Waals surface area contributed by atoms with Crippen LogP contribution in [0.3, 0.4) is 0 Å². The highest BCUT2D eigenvalue weighted by atomic mass is 16.7. The van der Waals surface area contributed by atoms with Crippen molar-refractivity contribution in [2.45, 2.75) is 62.8 Å². The van der Waals surface area contributed by atoms with Gasteiger partial charge < -0.3 is 28.8 Å². The first-order valence-electron chi connectivity index (χ1n) is 9.72. The number of epoxide rings is 2. The van der Waals surface area contributed by atoms with E-state index in [2.05, 4.69) is 13.2 Å². The molecule has 2 saturated heterocycles. The van der Waals surface area contributed by atoms with E-state index in [4.69, 9.17) is 23.7 Å². The van der Waals surface area contributed by atoms with E-state index in [1.807, 2.05) is 6.92 Å². The minimum atomic E-state index is -0.938. The lowest BCUT2D eigenvalue weighted by Crippen LogP contribution is -2.35. The van der Waals surface area contributed by atoms with Gasteiger partial charge in [-0.25, -0.2) is 9.59 Å². The van der Waals surface area contributed by atoms with Crippen molar-refractivity contribution in [3.05, 3.63) is 35.5 Å². The molecule has 1 aliphatic carbocycles. The van der Waals surface area contributed by atoms with Gasteiger partial charge in [-0.3, -0.25) is 4.79 Å². The second-order valence-corrected chi connectivity index (χ2v) is 8.21. The molecule has 4 rings (SSSR count). The Balaban J connectivity index is 1.73. The number of fused-ring (bicyclic) bond motifs is 4. The van der Waals surface area contributed by atoms with E-state index in [0.29, 0.717) is 17.6 Å². The van der Waals surface area contributed by atoms with Gasteiger partial charge in [-0.2, -0.15) is 0 Å². The monoisotopic (exact) mass is 420 g/mol. The van der Waals surface area contributed by atoms with Crippen molar-refractivity contribution in [2.75, 3.05) is 13.2 Å². The van der Waals surface area contributed by atoms with Crippen LogP contribution in [0.2, 0.25) is 0 Å². The molecule has 30 heavy (non-hydrogen) atoms. The normalized spacial score (nSPS) is 36.7. The summed E-state index contributed by atoms with van der Waals surface area (Å²) in [6.45, 7) is 9.81. The topological polar surface area (TPSA) is 124 Å². The number of rotatable bonds is 5. The summed E-state index contributed by atoms with van der Waals surface area (Å²) in [5.74, 6) is -2.02. The van der Waals surface area contributed by atoms with Crippen LogP contribution in [0.25, 0.3) is 0 Å². The van der Waals surface area contributed by atoms with Crippen LogP contribution in [-0.2, 0) is 38.1 Å². The van der Waals surface area contributed by atoms with E-state index in [9.17, 15) is 19.5 Å². The molecule has 3 heterocycles. The van der Waals surface area contributed by atoms with Crippen molar-refractivity contribution in [3.8, 4) is 0 Å². The van der Waals surface area contributed by atoms with E-state index in [1.165, 1.54) is 6.92 Å². The summed E-state index contributed by atoms with van der Waals surface area (Å²) < 4.78 is 27.9. The van der Waals surface area contributed by atoms with Crippen molar-refractivity contribution < 1.29 is 43.2 Å². The van der Waals surface area contributed by atoms with Gasteiger partial charge in [0.15, 0.2) is 6.10 Å². The number of hydrogen-bond acceptors (Lipinski definition) is 9. The summed E-state index contributed by atoms with van der Waals surface area (Å²) in [5, 5.41) is 9.22. The molecule has 0 aromatic rings. The number of aliphatic hydroxyl groups excluding tert-OH is 1. The highest BCUT2D eigenvalue weighted by Crippen LogP contribution is 2.53. The van der Waals surface area contributed by atoms with Crippen molar-refractivity contribution >= 4 is 17.9 Å². The molecule has 0 aromatic carbocycles.